The Kier molecular flexibility index (Phi) is 5.03. The molecule has 0 unspecified atom stereocenters. The van der Waals surface area contributed by atoms with Gasteiger partial charge < -0.3 is 10.1 Å². The van der Waals surface area contributed by atoms with E-state index in [2.05, 4.69) is 10.3 Å². The molecule has 104 valence electrons. The minimum atomic E-state index is -0.519. The molecule has 1 amide bonds. The Hall–Kier alpha value is -1.91. The number of pyridine rings is 1. The highest BCUT2D eigenvalue weighted by atomic mass is 16.6. The van der Waals surface area contributed by atoms with E-state index in [1.54, 1.807) is 39.2 Å². The summed E-state index contributed by atoms with van der Waals surface area (Å²) in [5.74, 6) is -0.575. The van der Waals surface area contributed by atoms with Crippen LogP contribution in [0, 0.1) is 6.92 Å². The van der Waals surface area contributed by atoms with Gasteiger partial charge in [-0.05, 0) is 39.3 Å². The third kappa shape index (κ3) is 5.99. The van der Waals surface area contributed by atoms with Crippen LogP contribution in [0.25, 0.3) is 0 Å². The molecule has 5 nitrogen and oxygen atoms in total. The van der Waals surface area contributed by atoms with Crippen LogP contribution in [0.2, 0.25) is 0 Å². The first-order valence-electron chi connectivity index (χ1n) is 6.20. The monoisotopic (exact) mass is 264 g/mol. The summed E-state index contributed by atoms with van der Waals surface area (Å²) >= 11 is 0. The maximum atomic E-state index is 11.7. The highest BCUT2D eigenvalue weighted by Gasteiger charge is 2.17. The Morgan fingerprint density at radius 1 is 1.32 bits per heavy atom. The molecule has 0 aliphatic heterocycles. The van der Waals surface area contributed by atoms with Crippen molar-refractivity contribution in [1.82, 2.24) is 4.98 Å². The van der Waals surface area contributed by atoms with Gasteiger partial charge in [0.2, 0.25) is 5.91 Å². The highest BCUT2D eigenvalue weighted by Crippen LogP contribution is 2.13. The Morgan fingerprint density at radius 3 is 2.58 bits per heavy atom. The SMILES string of the molecule is Cc1cnccc1NC(=O)CCC(=O)OC(C)(C)C. The molecule has 0 radical (unpaired) electrons. The van der Waals surface area contributed by atoms with E-state index in [0.717, 1.165) is 5.56 Å². The highest BCUT2D eigenvalue weighted by molar-refractivity contribution is 5.93. The van der Waals surface area contributed by atoms with Gasteiger partial charge in [0.25, 0.3) is 0 Å². The normalized spacial score (nSPS) is 10.9. The van der Waals surface area contributed by atoms with E-state index in [9.17, 15) is 9.59 Å². The van der Waals surface area contributed by atoms with Crippen LogP contribution in [0.5, 0.6) is 0 Å². The van der Waals surface area contributed by atoms with Crippen LogP contribution in [0.1, 0.15) is 39.2 Å². The molecular weight excluding hydrogens is 244 g/mol. The zero-order chi connectivity index (χ0) is 14.5. The van der Waals surface area contributed by atoms with Crippen LogP contribution in [0.15, 0.2) is 18.5 Å². The molecule has 0 saturated carbocycles. The predicted octanol–water partition coefficient (Wildman–Crippen LogP) is 2.45. The van der Waals surface area contributed by atoms with Crippen LogP contribution in [0.3, 0.4) is 0 Å². The average Bonchev–Trinajstić information content (AvgIpc) is 2.27. The maximum Gasteiger partial charge on any atom is 0.306 e. The van der Waals surface area contributed by atoms with Gasteiger partial charge in [0.1, 0.15) is 5.60 Å². The largest absolute Gasteiger partial charge is 0.460 e. The van der Waals surface area contributed by atoms with Gasteiger partial charge >= 0.3 is 5.97 Å². The molecule has 1 aromatic heterocycles. The number of amides is 1. The second kappa shape index (κ2) is 6.31. The third-order valence-corrected chi connectivity index (χ3v) is 2.27. The number of hydrogen-bond donors (Lipinski definition) is 1. The number of anilines is 1. The summed E-state index contributed by atoms with van der Waals surface area (Å²) in [4.78, 5) is 27.1. The lowest BCUT2D eigenvalue weighted by atomic mass is 10.2. The number of ether oxygens (including phenoxy) is 1. The smallest absolute Gasteiger partial charge is 0.306 e. The van der Waals surface area contributed by atoms with E-state index < -0.39 is 5.60 Å². The fraction of sp³-hybridized carbons (Fsp3) is 0.500. The number of aromatic nitrogens is 1. The average molecular weight is 264 g/mol. The second-order valence-electron chi connectivity index (χ2n) is 5.33. The lowest BCUT2D eigenvalue weighted by molar-refractivity contribution is -0.155. The summed E-state index contributed by atoms with van der Waals surface area (Å²) < 4.78 is 5.13. The summed E-state index contributed by atoms with van der Waals surface area (Å²) in [6.45, 7) is 7.25. The van der Waals surface area contributed by atoms with Gasteiger partial charge in [0, 0.05) is 24.5 Å². The lowest BCUT2D eigenvalue weighted by Crippen LogP contribution is -2.24. The van der Waals surface area contributed by atoms with Gasteiger partial charge in [-0.2, -0.15) is 0 Å². The van der Waals surface area contributed by atoms with Crippen molar-refractivity contribution in [2.45, 2.75) is 46.1 Å². The Morgan fingerprint density at radius 2 is 2.00 bits per heavy atom. The summed E-state index contributed by atoms with van der Waals surface area (Å²) in [6.07, 6.45) is 3.46. The number of nitrogens with zero attached hydrogens (tertiary/aromatic N) is 1. The fourth-order valence-corrected chi connectivity index (χ4v) is 1.43. The number of carbonyl (C=O) groups excluding carboxylic acids is 2. The third-order valence-electron chi connectivity index (χ3n) is 2.27. The first-order valence-corrected chi connectivity index (χ1v) is 6.20. The van der Waals surface area contributed by atoms with Crippen molar-refractivity contribution in [3.05, 3.63) is 24.0 Å². The fourth-order valence-electron chi connectivity index (χ4n) is 1.43. The van der Waals surface area contributed by atoms with Crippen molar-refractivity contribution in [1.29, 1.82) is 0 Å². The van der Waals surface area contributed by atoms with Crippen LogP contribution < -0.4 is 5.32 Å². The molecule has 1 aromatic rings. The Labute approximate surface area is 113 Å². The molecule has 0 aliphatic rings. The second-order valence-corrected chi connectivity index (χ2v) is 5.33. The number of hydrogen-bond acceptors (Lipinski definition) is 4. The van der Waals surface area contributed by atoms with E-state index in [1.807, 2.05) is 6.92 Å². The molecule has 0 fully saturated rings. The Balaban J connectivity index is 2.41. The summed E-state index contributed by atoms with van der Waals surface area (Å²) in [6, 6.07) is 1.72. The van der Waals surface area contributed by atoms with Crippen LogP contribution >= 0.6 is 0 Å². The van der Waals surface area contributed by atoms with Crippen molar-refractivity contribution >= 4 is 17.6 Å². The molecule has 0 spiro atoms. The van der Waals surface area contributed by atoms with Crippen molar-refractivity contribution in [2.75, 3.05) is 5.32 Å². The van der Waals surface area contributed by atoms with Crippen molar-refractivity contribution in [3.63, 3.8) is 0 Å². The molecule has 0 atom stereocenters. The molecule has 1 rings (SSSR count). The van der Waals surface area contributed by atoms with E-state index in [0.29, 0.717) is 5.69 Å². The molecule has 0 saturated heterocycles. The van der Waals surface area contributed by atoms with E-state index in [4.69, 9.17) is 4.74 Å². The van der Waals surface area contributed by atoms with Crippen LogP contribution in [-0.2, 0) is 14.3 Å². The summed E-state index contributed by atoms with van der Waals surface area (Å²) in [5, 5.41) is 2.74. The minimum Gasteiger partial charge on any atom is -0.460 e. The number of carbonyl (C=O) groups is 2. The quantitative estimate of drug-likeness (QED) is 0.848. The standard InChI is InChI=1S/C14H20N2O3/c1-10-9-15-8-7-11(10)16-12(17)5-6-13(18)19-14(2,3)4/h7-9H,5-6H2,1-4H3,(H,15,16,17). The Bertz CT molecular complexity index is 464. The number of aryl methyl sites for hydroxylation is 1. The van der Waals surface area contributed by atoms with Crippen LogP contribution in [0.4, 0.5) is 5.69 Å². The van der Waals surface area contributed by atoms with Gasteiger partial charge in [0.15, 0.2) is 0 Å². The molecule has 5 heteroatoms. The van der Waals surface area contributed by atoms with Crippen molar-refractivity contribution in [3.8, 4) is 0 Å². The zero-order valence-corrected chi connectivity index (χ0v) is 11.8. The van der Waals surface area contributed by atoms with E-state index in [-0.39, 0.29) is 24.7 Å². The van der Waals surface area contributed by atoms with Gasteiger partial charge in [-0.15, -0.1) is 0 Å². The van der Waals surface area contributed by atoms with Gasteiger partial charge in [-0.25, -0.2) is 0 Å². The zero-order valence-electron chi connectivity index (χ0n) is 11.8. The van der Waals surface area contributed by atoms with E-state index >= 15 is 0 Å². The first kappa shape index (κ1) is 15.1. The molecule has 1 heterocycles. The van der Waals surface area contributed by atoms with E-state index in [1.165, 1.54) is 0 Å². The van der Waals surface area contributed by atoms with Crippen molar-refractivity contribution in [2.24, 2.45) is 0 Å². The molecule has 0 aliphatic carbocycles. The molecule has 19 heavy (non-hydrogen) atoms. The van der Waals surface area contributed by atoms with Crippen molar-refractivity contribution < 1.29 is 14.3 Å². The lowest BCUT2D eigenvalue weighted by Gasteiger charge is -2.19. The van der Waals surface area contributed by atoms with Gasteiger partial charge in [0.05, 0.1) is 6.42 Å². The molecular formula is C14H20N2O3. The topological polar surface area (TPSA) is 68.3 Å². The van der Waals surface area contributed by atoms with Crippen LogP contribution in [-0.4, -0.2) is 22.5 Å². The molecule has 0 aromatic carbocycles. The van der Waals surface area contributed by atoms with Gasteiger partial charge in [-0.3, -0.25) is 14.6 Å². The maximum absolute atomic E-state index is 11.7. The summed E-state index contributed by atoms with van der Waals surface area (Å²) in [5.41, 5.74) is 1.08. The number of nitrogens with one attached hydrogen (secondary N) is 1. The number of rotatable bonds is 4. The molecule has 0 bridgehead atoms. The number of esters is 1. The first-order chi connectivity index (χ1) is 8.78. The van der Waals surface area contributed by atoms with Gasteiger partial charge in [-0.1, -0.05) is 0 Å². The predicted molar refractivity (Wildman–Crippen MR) is 72.7 cm³/mol. The summed E-state index contributed by atoms with van der Waals surface area (Å²) in [7, 11) is 0. The molecule has 1 N–H and O–H groups in total. The minimum absolute atomic E-state index is 0.0766.